The summed E-state index contributed by atoms with van der Waals surface area (Å²) in [5.74, 6) is -0.251. The lowest BCUT2D eigenvalue weighted by Gasteiger charge is -2.24. The van der Waals surface area contributed by atoms with Crippen molar-refractivity contribution in [3.05, 3.63) is 35.4 Å². The molecule has 20 heavy (non-hydrogen) atoms. The summed E-state index contributed by atoms with van der Waals surface area (Å²) >= 11 is 0. The van der Waals surface area contributed by atoms with Crippen molar-refractivity contribution < 1.29 is 8.78 Å². The molecule has 0 aliphatic carbocycles. The number of nitrogens with two attached hydrogens (primary N) is 1. The Balaban J connectivity index is 1.90. The van der Waals surface area contributed by atoms with Gasteiger partial charge in [-0.15, -0.1) is 0 Å². The molecule has 1 heterocycles. The average Bonchev–Trinajstić information content (AvgIpc) is 2.77. The van der Waals surface area contributed by atoms with Crippen LogP contribution in [0.25, 0.3) is 0 Å². The molecule has 1 aliphatic heterocycles. The van der Waals surface area contributed by atoms with E-state index in [-0.39, 0.29) is 5.56 Å². The average molecular weight is 283 g/mol. The van der Waals surface area contributed by atoms with Gasteiger partial charge in [0.15, 0.2) is 0 Å². The normalized spacial score (nSPS) is 21.6. The molecule has 2 N–H and O–H groups in total. The molecule has 1 aromatic carbocycles. The zero-order valence-corrected chi connectivity index (χ0v) is 12.1. The molecule has 3 nitrogen and oxygen atoms in total. The lowest BCUT2D eigenvalue weighted by Crippen LogP contribution is -2.34. The Labute approximate surface area is 119 Å². The molecule has 112 valence electrons. The standard InChI is InChI=1S/C15H23F2N3/c1-19-6-5-11(8-19)9-20(2)10-15(18)13-7-12(16)3-4-14(13)17/h3-4,7,11,15H,5-6,8-10,18H2,1-2H3. The molecular weight excluding hydrogens is 260 g/mol. The highest BCUT2D eigenvalue weighted by Crippen LogP contribution is 2.19. The summed E-state index contributed by atoms with van der Waals surface area (Å²) in [6, 6.07) is 2.94. The maximum absolute atomic E-state index is 13.7. The SMILES string of the molecule is CN1CCC(CN(C)CC(N)c2cc(F)ccc2F)C1. The van der Waals surface area contributed by atoms with Gasteiger partial charge in [0, 0.05) is 31.2 Å². The van der Waals surface area contributed by atoms with E-state index in [0.29, 0.717) is 12.5 Å². The van der Waals surface area contributed by atoms with E-state index >= 15 is 0 Å². The van der Waals surface area contributed by atoms with E-state index < -0.39 is 17.7 Å². The molecule has 0 bridgehead atoms. The van der Waals surface area contributed by atoms with Gasteiger partial charge in [0.25, 0.3) is 0 Å². The van der Waals surface area contributed by atoms with Crippen LogP contribution in [0.3, 0.4) is 0 Å². The Morgan fingerprint density at radius 3 is 2.85 bits per heavy atom. The number of likely N-dealkylation sites (tertiary alicyclic amines) is 1. The zero-order valence-electron chi connectivity index (χ0n) is 12.1. The van der Waals surface area contributed by atoms with Crippen LogP contribution >= 0.6 is 0 Å². The first kappa shape index (κ1) is 15.4. The zero-order chi connectivity index (χ0) is 14.7. The van der Waals surface area contributed by atoms with Crippen molar-refractivity contribution in [2.45, 2.75) is 12.5 Å². The van der Waals surface area contributed by atoms with E-state index in [9.17, 15) is 8.78 Å². The van der Waals surface area contributed by atoms with Crippen molar-refractivity contribution in [1.29, 1.82) is 0 Å². The first-order valence-electron chi connectivity index (χ1n) is 7.03. The van der Waals surface area contributed by atoms with Crippen LogP contribution in [0, 0.1) is 17.6 Å². The van der Waals surface area contributed by atoms with Crippen LogP contribution in [0.5, 0.6) is 0 Å². The molecule has 2 rings (SSSR count). The van der Waals surface area contributed by atoms with Gasteiger partial charge >= 0.3 is 0 Å². The summed E-state index contributed by atoms with van der Waals surface area (Å²) in [6.07, 6.45) is 1.18. The van der Waals surface area contributed by atoms with Crippen molar-refractivity contribution in [3.8, 4) is 0 Å². The molecular formula is C15H23F2N3. The van der Waals surface area contributed by atoms with Gasteiger partial charge in [-0.05, 0) is 51.2 Å². The third kappa shape index (κ3) is 3.98. The van der Waals surface area contributed by atoms with Crippen LogP contribution in [0.2, 0.25) is 0 Å². The van der Waals surface area contributed by atoms with E-state index in [2.05, 4.69) is 16.8 Å². The molecule has 1 saturated heterocycles. The summed E-state index contributed by atoms with van der Waals surface area (Å²) < 4.78 is 26.8. The predicted molar refractivity (Wildman–Crippen MR) is 76.4 cm³/mol. The number of rotatable bonds is 5. The van der Waals surface area contributed by atoms with E-state index in [4.69, 9.17) is 5.73 Å². The third-order valence-electron chi connectivity index (χ3n) is 3.92. The minimum absolute atomic E-state index is 0.250. The molecule has 0 saturated carbocycles. The summed E-state index contributed by atoms with van der Waals surface area (Å²) in [7, 11) is 4.10. The number of hydrogen-bond donors (Lipinski definition) is 1. The summed E-state index contributed by atoms with van der Waals surface area (Å²) in [5.41, 5.74) is 6.26. The minimum atomic E-state index is -0.505. The van der Waals surface area contributed by atoms with Crippen LogP contribution in [-0.2, 0) is 0 Å². The Morgan fingerprint density at radius 2 is 2.20 bits per heavy atom. The van der Waals surface area contributed by atoms with Crippen LogP contribution in [0.15, 0.2) is 18.2 Å². The molecule has 2 unspecified atom stereocenters. The predicted octanol–water partition coefficient (Wildman–Crippen LogP) is 1.85. The van der Waals surface area contributed by atoms with E-state index in [1.165, 1.54) is 12.5 Å². The topological polar surface area (TPSA) is 32.5 Å². The van der Waals surface area contributed by atoms with E-state index in [1.807, 2.05) is 7.05 Å². The van der Waals surface area contributed by atoms with Crippen molar-refractivity contribution in [2.75, 3.05) is 40.3 Å². The van der Waals surface area contributed by atoms with Gasteiger partial charge in [0.2, 0.25) is 0 Å². The summed E-state index contributed by atoms with van der Waals surface area (Å²) in [6.45, 7) is 3.69. The van der Waals surface area contributed by atoms with Crippen molar-refractivity contribution in [1.82, 2.24) is 9.80 Å². The van der Waals surface area contributed by atoms with Gasteiger partial charge in [-0.1, -0.05) is 0 Å². The van der Waals surface area contributed by atoms with Gasteiger partial charge in [-0.2, -0.15) is 0 Å². The maximum atomic E-state index is 13.7. The van der Waals surface area contributed by atoms with Gasteiger partial charge in [0.1, 0.15) is 11.6 Å². The van der Waals surface area contributed by atoms with E-state index in [1.54, 1.807) is 0 Å². The molecule has 1 fully saturated rings. The molecule has 1 aromatic rings. The molecule has 0 amide bonds. The molecule has 0 aromatic heterocycles. The fraction of sp³-hybridized carbons (Fsp3) is 0.600. The number of halogens is 2. The number of nitrogens with zero attached hydrogens (tertiary/aromatic N) is 2. The maximum Gasteiger partial charge on any atom is 0.128 e. The summed E-state index contributed by atoms with van der Waals surface area (Å²) in [5, 5.41) is 0. The number of benzene rings is 1. The molecule has 0 spiro atoms. The van der Waals surface area contributed by atoms with Crippen LogP contribution in [0.1, 0.15) is 18.0 Å². The van der Waals surface area contributed by atoms with Crippen molar-refractivity contribution >= 4 is 0 Å². The first-order valence-corrected chi connectivity index (χ1v) is 7.03. The molecule has 5 heteroatoms. The fourth-order valence-electron chi connectivity index (χ4n) is 2.92. The first-order chi connectivity index (χ1) is 9.45. The highest BCUT2D eigenvalue weighted by atomic mass is 19.1. The Kier molecular flexibility index (Phi) is 5.07. The van der Waals surface area contributed by atoms with Crippen LogP contribution < -0.4 is 5.73 Å². The van der Waals surface area contributed by atoms with Crippen LogP contribution in [0.4, 0.5) is 8.78 Å². The summed E-state index contributed by atoms with van der Waals surface area (Å²) in [4.78, 5) is 4.42. The molecule has 0 radical (unpaired) electrons. The molecule has 2 atom stereocenters. The highest BCUT2D eigenvalue weighted by Gasteiger charge is 2.22. The lowest BCUT2D eigenvalue weighted by molar-refractivity contribution is 0.259. The Bertz CT molecular complexity index is 453. The highest BCUT2D eigenvalue weighted by molar-refractivity contribution is 5.22. The van der Waals surface area contributed by atoms with Gasteiger partial charge in [-0.3, -0.25) is 0 Å². The van der Waals surface area contributed by atoms with Gasteiger partial charge in [-0.25, -0.2) is 8.78 Å². The van der Waals surface area contributed by atoms with E-state index in [0.717, 1.165) is 31.8 Å². The third-order valence-corrected chi connectivity index (χ3v) is 3.92. The smallest absolute Gasteiger partial charge is 0.128 e. The fourth-order valence-corrected chi connectivity index (χ4v) is 2.92. The number of hydrogen-bond acceptors (Lipinski definition) is 3. The minimum Gasteiger partial charge on any atom is -0.323 e. The van der Waals surface area contributed by atoms with Gasteiger partial charge < -0.3 is 15.5 Å². The van der Waals surface area contributed by atoms with Gasteiger partial charge in [0.05, 0.1) is 0 Å². The Hall–Kier alpha value is -1.04. The van der Waals surface area contributed by atoms with Crippen LogP contribution in [-0.4, -0.2) is 50.1 Å². The number of likely N-dealkylation sites (N-methyl/N-ethyl adjacent to an activating group) is 1. The quantitative estimate of drug-likeness (QED) is 0.895. The van der Waals surface area contributed by atoms with Crippen molar-refractivity contribution in [3.63, 3.8) is 0 Å². The lowest BCUT2D eigenvalue weighted by atomic mass is 10.0. The molecule has 1 aliphatic rings. The second kappa shape index (κ2) is 6.61. The van der Waals surface area contributed by atoms with Crippen molar-refractivity contribution in [2.24, 2.45) is 11.7 Å². The second-order valence-corrected chi connectivity index (χ2v) is 5.91. The second-order valence-electron chi connectivity index (χ2n) is 5.91. The Morgan fingerprint density at radius 1 is 1.45 bits per heavy atom. The monoisotopic (exact) mass is 283 g/mol. The largest absolute Gasteiger partial charge is 0.323 e.